The highest BCUT2D eigenvalue weighted by Gasteiger charge is 2.11. The zero-order valence-corrected chi connectivity index (χ0v) is 17.0. The zero-order valence-electron chi connectivity index (χ0n) is 14.6. The van der Waals surface area contributed by atoms with Crippen LogP contribution < -0.4 is 10.1 Å². The number of anilines is 1. The summed E-state index contributed by atoms with van der Waals surface area (Å²) < 4.78 is 6.14. The molecule has 28 heavy (non-hydrogen) atoms. The maximum absolute atomic E-state index is 12.2. The molecule has 1 aromatic heterocycles. The Hall–Kier alpha value is -3.04. The number of thiazole rings is 1. The Bertz CT molecular complexity index is 1060. The lowest BCUT2D eigenvalue weighted by Gasteiger charge is -2.04. The highest BCUT2D eigenvalue weighted by atomic mass is 79.9. The summed E-state index contributed by atoms with van der Waals surface area (Å²) in [6.07, 6.45) is 3.03. The molecule has 0 atom stereocenters. The van der Waals surface area contributed by atoms with Gasteiger partial charge < -0.3 is 4.74 Å². The number of non-ortho nitro benzene ring substituents is 1. The van der Waals surface area contributed by atoms with Crippen LogP contribution in [0.25, 0.3) is 17.3 Å². The van der Waals surface area contributed by atoms with Crippen LogP contribution in [0, 0.1) is 10.1 Å². The van der Waals surface area contributed by atoms with E-state index in [2.05, 4.69) is 26.2 Å². The van der Waals surface area contributed by atoms with Crippen LogP contribution in [0.1, 0.15) is 5.56 Å². The van der Waals surface area contributed by atoms with Crippen LogP contribution >= 0.6 is 27.3 Å². The SMILES string of the molecule is COc1ccc(Br)cc1/C=C/C(=O)Nc1nc(-c2cccc([N+](=O)[O-])c2)cs1. The normalized spacial score (nSPS) is 10.8. The average Bonchev–Trinajstić information content (AvgIpc) is 3.15. The predicted molar refractivity (Wildman–Crippen MR) is 113 cm³/mol. The van der Waals surface area contributed by atoms with Gasteiger partial charge in [0.05, 0.1) is 17.7 Å². The molecule has 1 amide bonds. The number of carbonyl (C=O) groups is 1. The number of ether oxygens (including phenoxy) is 1. The van der Waals surface area contributed by atoms with E-state index in [9.17, 15) is 14.9 Å². The van der Waals surface area contributed by atoms with Crippen LogP contribution in [0.2, 0.25) is 0 Å². The van der Waals surface area contributed by atoms with E-state index >= 15 is 0 Å². The quantitative estimate of drug-likeness (QED) is 0.312. The van der Waals surface area contributed by atoms with Gasteiger partial charge in [-0.15, -0.1) is 11.3 Å². The maximum Gasteiger partial charge on any atom is 0.270 e. The number of rotatable bonds is 6. The summed E-state index contributed by atoms with van der Waals surface area (Å²) in [4.78, 5) is 27.0. The summed E-state index contributed by atoms with van der Waals surface area (Å²) >= 11 is 4.62. The largest absolute Gasteiger partial charge is 0.496 e. The number of hydrogen-bond acceptors (Lipinski definition) is 6. The lowest BCUT2D eigenvalue weighted by molar-refractivity contribution is -0.384. The lowest BCUT2D eigenvalue weighted by atomic mass is 10.1. The second-order valence-electron chi connectivity index (χ2n) is 5.55. The molecule has 3 rings (SSSR count). The number of nitro groups is 1. The second-order valence-corrected chi connectivity index (χ2v) is 7.33. The van der Waals surface area contributed by atoms with Gasteiger partial charge in [-0.1, -0.05) is 28.1 Å². The number of amides is 1. The number of methoxy groups -OCH3 is 1. The number of nitrogens with one attached hydrogen (secondary N) is 1. The van der Waals surface area contributed by atoms with Gasteiger partial charge >= 0.3 is 0 Å². The molecule has 0 unspecified atom stereocenters. The number of carbonyl (C=O) groups excluding carboxylic acids is 1. The van der Waals surface area contributed by atoms with Gasteiger partial charge in [-0.25, -0.2) is 4.98 Å². The summed E-state index contributed by atoms with van der Waals surface area (Å²) in [6, 6.07) is 11.7. The van der Waals surface area contributed by atoms with Crippen molar-refractivity contribution in [2.24, 2.45) is 0 Å². The van der Waals surface area contributed by atoms with E-state index in [1.807, 2.05) is 12.1 Å². The summed E-state index contributed by atoms with van der Waals surface area (Å²) in [6.45, 7) is 0. The molecule has 0 radical (unpaired) electrons. The highest BCUT2D eigenvalue weighted by Crippen LogP contribution is 2.28. The molecule has 0 spiro atoms. The first kappa shape index (κ1) is 19.7. The number of nitro benzene ring substituents is 1. The highest BCUT2D eigenvalue weighted by molar-refractivity contribution is 9.10. The van der Waals surface area contributed by atoms with E-state index in [0.29, 0.717) is 22.1 Å². The van der Waals surface area contributed by atoms with Crippen molar-refractivity contribution < 1.29 is 14.5 Å². The molecule has 142 valence electrons. The fourth-order valence-corrected chi connectivity index (χ4v) is 3.49. The van der Waals surface area contributed by atoms with Gasteiger partial charge in [-0.3, -0.25) is 20.2 Å². The van der Waals surface area contributed by atoms with Gasteiger partial charge in [-0.05, 0) is 24.3 Å². The topological polar surface area (TPSA) is 94.4 Å². The summed E-state index contributed by atoms with van der Waals surface area (Å²) in [7, 11) is 1.56. The molecule has 0 saturated heterocycles. The molecule has 1 N–H and O–H groups in total. The van der Waals surface area contributed by atoms with Crippen molar-refractivity contribution in [3.63, 3.8) is 0 Å². The molecular weight excluding hydrogens is 446 g/mol. The summed E-state index contributed by atoms with van der Waals surface area (Å²) in [5.41, 5.74) is 1.91. The standard InChI is InChI=1S/C19H14BrN3O4S/c1-27-17-7-6-14(20)9-13(17)5-8-18(24)22-19-21-16(11-28-19)12-3-2-4-15(10-12)23(25)26/h2-11H,1H3,(H,21,22,24)/b8-5+. The Labute approximate surface area is 173 Å². The third-order valence-electron chi connectivity index (χ3n) is 3.69. The van der Waals surface area contributed by atoms with E-state index in [1.165, 1.54) is 29.5 Å². The minimum atomic E-state index is -0.459. The zero-order chi connectivity index (χ0) is 20.1. The molecule has 0 aliphatic carbocycles. The van der Waals surface area contributed by atoms with Crippen molar-refractivity contribution in [2.75, 3.05) is 12.4 Å². The lowest BCUT2D eigenvalue weighted by Crippen LogP contribution is -2.07. The number of benzene rings is 2. The first-order valence-electron chi connectivity index (χ1n) is 7.99. The molecule has 0 aliphatic heterocycles. The summed E-state index contributed by atoms with van der Waals surface area (Å²) in [5, 5.41) is 15.7. The Kier molecular flexibility index (Phi) is 6.17. The van der Waals surface area contributed by atoms with Gasteiger partial charge in [0.1, 0.15) is 5.75 Å². The molecule has 3 aromatic rings. The van der Waals surface area contributed by atoms with Gasteiger partial charge in [0.25, 0.3) is 5.69 Å². The smallest absolute Gasteiger partial charge is 0.270 e. The number of aromatic nitrogens is 1. The fourth-order valence-electron chi connectivity index (χ4n) is 2.39. The molecule has 0 bridgehead atoms. The van der Waals surface area contributed by atoms with Crippen molar-refractivity contribution in [2.45, 2.75) is 0 Å². The Morgan fingerprint density at radius 3 is 2.89 bits per heavy atom. The van der Waals surface area contributed by atoms with Crippen LogP contribution in [-0.2, 0) is 4.79 Å². The van der Waals surface area contributed by atoms with Crippen molar-refractivity contribution >= 4 is 50.1 Å². The molecule has 1 heterocycles. The van der Waals surface area contributed by atoms with E-state index in [-0.39, 0.29) is 11.6 Å². The van der Waals surface area contributed by atoms with Gasteiger partial charge in [0.2, 0.25) is 5.91 Å². The number of hydrogen-bond donors (Lipinski definition) is 1. The Morgan fingerprint density at radius 2 is 2.14 bits per heavy atom. The van der Waals surface area contributed by atoms with Gasteiger partial charge in [0, 0.05) is 39.2 Å². The van der Waals surface area contributed by atoms with Crippen LogP contribution in [0.5, 0.6) is 5.75 Å². The predicted octanol–water partition coefficient (Wildman–Crippen LogP) is 5.14. The maximum atomic E-state index is 12.2. The number of halogens is 1. The van der Waals surface area contributed by atoms with E-state index in [1.54, 1.807) is 36.8 Å². The second kappa shape index (κ2) is 8.77. The molecule has 0 saturated carbocycles. The third kappa shape index (κ3) is 4.81. The van der Waals surface area contributed by atoms with E-state index in [0.717, 1.165) is 10.0 Å². The fraction of sp³-hybridized carbons (Fsp3) is 0.0526. The molecule has 9 heteroatoms. The Balaban J connectivity index is 1.72. The van der Waals surface area contributed by atoms with Gasteiger partial charge in [0.15, 0.2) is 5.13 Å². The van der Waals surface area contributed by atoms with E-state index < -0.39 is 4.92 Å². The molecule has 2 aromatic carbocycles. The summed E-state index contributed by atoms with van der Waals surface area (Å²) in [5.74, 6) is 0.302. The van der Waals surface area contributed by atoms with Crippen LogP contribution in [-0.4, -0.2) is 22.9 Å². The minimum absolute atomic E-state index is 0.0120. The van der Waals surface area contributed by atoms with E-state index in [4.69, 9.17) is 4.74 Å². The third-order valence-corrected chi connectivity index (χ3v) is 4.94. The van der Waals surface area contributed by atoms with Crippen molar-refractivity contribution in [1.29, 1.82) is 0 Å². The molecule has 0 aliphatic rings. The average molecular weight is 460 g/mol. The monoisotopic (exact) mass is 459 g/mol. The van der Waals surface area contributed by atoms with Crippen molar-refractivity contribution in [3.05, 3.63) is 74.1 Å². The van der Waals surface area contributed by atoms with Crippen molar-refractivity contribution in [1.82, 2.24) is 4.98 Å². The first-order chi connectivity index (χ1) is 13.5. The minimum Gasteiger partial charge on any atom is -0.496 e. The number of nitrogens with zero attached hydrogens (tertiary/aromatic N) is 2. The van der Waals surface area contributed by atoms with Crippen LogP contribution in [0.4, 0.5) is 10.8 Å². The molecule has 7 nitrogen and oxygen atoms in total. The van der Waals surface area contributed by atoms with Crippen LogP contribution in [0.15, 0.2) is 58.4 Å². The Morgan fingerprint density at radius 1 is 1.32 bits per heavy atom. The van der Waals surface area contributed by atoms with Gasteiger partial charge in [-0.2, -0.15) is 0 Å². The first-order valence-corrected chi connectivity index (χ1v) is 9.66. The molecular formula is C19H14BrN3O4S. The molecule has 0 fully saturated rings. The van der Waals surface area contributed by atoms with Crippen molar-refractivity contribution in [3.8, 4) is 17.0 Å². The van der Waals surface area contributed by atoms with Crippen LogP contribution in [0.3, 0.4) is 0 Å².